The van der Waals surface area contributed by atoms with Crippen molar-refractivity contribution in [1.82, 2.24) is 4.31 Å². The molecule has 0 aromatic heterocycles. The third-order valence-electron chi connectivity index (χ3n) is 5.06. The lowest BCUT2D eigenvalue weighted by Crippen LogP contribution is -2.66. The van der Waals surface area contributed by atoms with Gasteiger partial charge < -0.3 is 4.74 Å². The smallest absolute Gasteiger partial charge is 0.236 e. The highest BCUT2D eigenvalue weighted by Gasteiger charge is 2.62. The average Bonchev–Trinajstić information content (AvgIpc) is 2.92. The summed E-state index contributed by atoms with van der Waals surface area (Å²) in [5, 5.41) is 1.31. The third kappa shape index (κ3) is 2.51. The van der Waals surface area contributed by atoms with E-state index in [0.29, 0.717) is 5.92 Å². The van der Waals surface area contributed by atoms with E-state index in [0.717, 1.165) is 18.6 Å². The monoisotopic (exact) mass is 321 g/mol. The Morgan fingerprint density at radius 2 is 1.95 bits per heavy atom. The summed E-state index contributed by atoms with van der Waals surface area (Å²) in [4.78, 5) is 0. The average molecular weight is 321 g/mol. The second-order valence-corrected chi connectivity index (χ2v) is 8.66. The fraction of sp³-hybridized carbons (Fsp3) is 0.529. The Hall–Kier alpha value is -1.17. The summed E-state index contributed by atoms with van der Waals surface area (Å²) in [6.07, 6.45) is 2.79. The van der Waals surface area contributed by atoms with Gasteiger partial charge >= 0.3 is 0 Å². The van der Waals surface area contributed by atoms with E-state index in [4.69, 9.17) is 4.74 Å². The number of sulfonamides is 1. The van der Waals surface area contributed by atoms with Crippen molar-refractivity contribution in [3.05, 3.63) is 41.3 Å². The summed E-state index contributed by atoms with van der Waals surface area (Å²) < 4.78 is 32.5. The molecule has 0 unspecified atom stereocenters. The first-order chi connectivity index (χ1) is 10.3. The van der Waals surface area contributed by atoms with Crippen molar-refractivity contribution in [3.8, 4) is 0 Å². The maximum absolute atomic E-state index is 12.6. The molecule has 0 amide bonds. The lowest BCUT2D eigenvalue weighted by molar-refractivity contribution is -0.131. The first-order valence-corrected chi connectivity index (χ1v) is 9.17. The Kier molecular flexibility index (Phi) is 3.91. The molecule has 120 valence electrons. The summed E-state index contributed by atoms with van der Waals surface area (Å²) in [5.41, 5.74) is 0.748. The molecule has 1 aromatic rings. The van der Waals surface area contributed by atoms with E-state index >= 15 is 0 Å². The highest BCUT2D eigenvalue weighted by Crippen LogP contribution is 2.54. The zero-order valence-electron chi connectivity index (χ0n) is 13.3. The Balaban J connectivity index is 1.79. The van der Waals surface area contributed by atoms with Gasteiger partial charge in [-0.05, 0) is 18.1 Å². The van der Waals surface area contributed by atoms with Crippen LogP contribution in [-0.2, 0) is 14.8 Å². The van der Waals surface area contributed by atoms with Crippen molar-refractivity contribution < 1.29 is 13.2 Å². The van der Waals surface area contributed by atoms with E-state index in [-0.39, 0.29) is 17.6 Å². The largest absolute Gasteiger partial charge is 0.377 e. The SMILES string of the molecule is CN([C@@H]1[C@@H]2CCO[C@H]2C1(C)C)S(=O)(=O)/C=C/c1ccccc1. The maximum Gasteiger partial charge on any atom is 0.236 e. The molecule has 3 atom stereocenters. The molecule has 2 aliphatic rings. The second-order valence-electron chi connectivity index (χ2n) is 6.78. The molecular weight excluding hydrogens is 298 g/mol. The van der Waals surface area contributed by atoms with E-state index in [1.54, 1.807) is 13.1 Å². The Labute approximate surface area is 132 Å². The number of benzene rings is 1. The van der Waals surface area contributed by atoms with Gasteiger partial charge in [0.1, 0.15) is 0 Å². The van der Waals surface area contributed by atoms with E-state index in [1.165, 1.54) is 9.71 Å². The van der Waals surface area contributed by atoms with Crippen LogP contribution in [0.4, 0.5) is 0 Å². The summed E-state index contributed by atoms with van der Waals surface area (Å²) in [6, 6.07) is 9.48. The second kappa shape index (κ2) is 5.48. The van der Waals surface area contributed by atoms with E-state index in [1.807, 2.05) is 30.3 Å². The van der Waals surface area contributed by atoms with Crippen LogP contribution in [0.3, 0.4) is 0 Å². The quantitative estimate of drug-likeness (QED) is 0.856. The normalized spacial score (nSPS) is 30.5. The lowest BCUT2D eigenvalue weighted by atomic mass is 9.57. The molecule has 1 aliphatic carbocycles. The van der Waals surface area contributed by atoms with Crippen molar-refractivity contribution in [1.29, 1.82) is 0 Å². The standard InChI is InChI=1S/C17H23NO3S/c1-17(2)15(14-9-11-21-16(14)17)18(3)22(19,20)12-10-13-7-5-4-6-8-13/h4-8,10,12,14-16H,9,11H2,1-3H3/b12-10+/t14-,15+,16+/m0/s1. The van der Waals surface area contributed by atoms with Crippen molar-refractivity contribution in [2.75, 3.05) is 13.7 Å². The molecule has 22 heavy (non-hydrogen) atoms. The molecular formula is C17H23NO3S. The highest BCUT2D eigenvalue weighted by atomic mass is 32.2. The Bertz CT molecular complexity index is 666. The predicted octanol–water partition coefficient (Wildman–Crippen LogP) is 2.73. The Morgan fingerprint density at radius 1 is 1.27 bits per heavy atom. The first kappa shape index (κ1) is 15.7. The topological polar surface area (TPSA) is 46.6 Å². The predicted molar refractivity (Wildman–Crippen MR) is 87.6 cm³/mol. The van der Waals surface area contributed by atoms with Gasteiger partial charge in [0, 0.05) is 36.4 Å². The number of nitrogens with zero attached hydrogens (tertiary/aromatic N) is 1. The molecule has 3 rings (SSSR count). The van der Waals surface area contributed by atoms with E-state index in [2.05, 4.69) is 13.8 Å². The van der Waals surface area contributed by atoms with Gasteiger partial charge in [-0.25, -0.2) is 8.42 Å². The minimum atomic E-state index is -3.43. The minimum Gasteiger partial charge on any atom is -0.377 e. The summed E-state index contributed by atoms with van der Waals surface area (Å²) in [5.74, 6) is 0.319. The number of rotatable bonds is 4. The van der Waals surface area contributed by atoms with E-state index in [9.17, 15) is 8.42 Å². The van der Waals surface area contributed by atoms with Gasteiger partial charge in [-0.15, -0.1) is 0 Å². The number of ether oxygens (including phenoxy) is 1. The fourth-order valence-electron chi connectivity index (χ4n) is 4.02. The molecule has 1 saturated heterocycles. The van der Waals surface area contributed by atoms with Crippen molar-refractivity contribution in [2.24, 2.45) is 11.3 Å². The van der Waals surface area contributed by atoms with Crippen LogP contribution in [0.15, 0.2) is 35.7 Å². The number of hydrogen-bond acceptors (Lipinski definition) is 3. The molecule has 0 radical (unpaired) electrons. The van der Waals surface area contributed by atoms with Gasteiger partial charge in [-0.1, -0.05) is 44.2 Å². The number of hydrogen-bond donors (Lipinski definition) is 0. The zero-order valence-corrected chi connectivity index (χ0v) is 14.1. The van der Waals surface area contributed by atoms with Crippen molar-refractivity contribution in [3.63, 3.8) is 0 Å². The molecule has 1 aliphatic heterocycles. The van der Waals surface area contributed by atoms with Crippen LogP contribution in [0, 0.1) is 11.3 Å². The van der Waals surface area contributed by atoms with Crippen LogP contribution >= 0.6 is 0 Å². The van der Waals surface area contributed by atoms with Crippen LogP contribution in [0.5, 0.6) is 0 Å². The maximum atomic E-state index is 12.6. The van der Waals surface area contributed by atoms with Crippen molar-refractivity contribution >= 4 is 16.1 Å². The van der Waals surface area contributed by atoms with Crippen LogP contribution < -0.4 is 0 Å². The molecule has 0 bridgehead atoms. The summed E-state index contributed by atoms with van der Waals surface area (Å²) in [6.45, 7) is 4.93. The zero-order chi connectivity index (χ0) is 16.0. The lowest BCUT2D eigenvalue weighted by Gasteiger charge is -2.57. The minimum absolute atomic E-state index is 0.00502. The van der Waals surface area contributed by atoms with Crippen LogP contribution in [0.25, 0.3) is 6.08 Å². The van der Waals surface area contributed by atoms with Crippen LogP contribution in [0.2, 0.25) is 0 Å². The van der Waals surface area contributed by atoms with Crippen LogP contribution in [0.1, 0.15) is 25.8 Å². The molecule has 5 heteroatoms. The van der Waals surface area contributed by atoms with Gasteiger partial charge in [-0.3, -0.25) is 0 Å². The molecule has 0 spiro atoms. The van der Waals surface area contributed by atoms with Crippen LogP contribution in [-0.4, -0.2) is 38.5 Å². The molecule has 1 saturated carbocycles. The molecule has 4 nitrogen and oxygen atoms in total. The Morgan fingerprint density at radius 3 is 2.64 bits per heavy atom. The van der Waals surface area contributed by atoms with Crippen molar-refractivity contribution in [2.45, 2.75) is 32.4 Å². The summed E-state index contributed by atoms with van der Waals surface area (Å²) in [7, 11) is -1.74. The number of fused-ring (bicyclic) bond motifs is 1. The molecule has 0 N–H and O–H groups in total. The van der Waals surface area contributed by atoms with Gasteiger partial charge in [0.15, 0.2) is 0 Å². The van der Waals surface area contributed by atoms with E-state index < -0.39 is 10.0 Å². The highest BCUT2D eigenvalue weighted by molar-refractivity contribution is 7.92. The molecule has 1 aromatic carbocycles. The first-order valence-electron chi connectivity index (χ1n) is 7.67. The molecule has 1 heterocycles. The van der Waals surface area contributed by atoms with Gasteiger partial charge in [0.2, 0.25) is 10.0 Å². The fourth-order valence-corrected chi connectivity index (χ4v) is 5.28. The van der Waals surface area contributed by atoms with Gasteiger partial charge in [-0.2, -0.15) is 4.31 Å². The third-order valence-corrected chi connectivity index (χ3v) is 6.57. The molecule has 2 fully saturated rings. The van der Waals surface area contributed by atoms with Gasteiger partial charge in [0.25, 0.3) is 0 Å². The summed E-state index contributed by atoms with van der Waals surface area (Å²) >= 11 is 0. The van der Waals surface area contributed by atoms with Gasteiger partial charge in [0.05, 0.1) is 6.10 Å².